The zero-order valence-electron chi connectivity index (χ0n) is 16.7. The van der Waals surface area contributed by atoms with Gasteiger partial charge in [0.25, 0.3) is 0 Å². The summed E-state index contributed by atoms with van der Waals surface area (Å²) in [6.45, 7) is 0.480. The number of hydrogen-bond acceptors (Lipinski definition) is 3. The van der Waals surface area contributed by atoms with Crippen molar-refractivity contribution in [3.05, 3.63) is 82.2 Å². The molecule has 31 heavy (non-hydrogen) atoms. The van der Waals surface area contributed by atoms with Crippen LogP contribution in [0.1, 0.15) is 35.7 Å². The number of phenols is 1. The lowest BCUT2D eigenvalue weighted by atomic mass is 10.1. The van der Waals surface area contributed by atoms with Gasteiger partial charge in [-0.25, -0.2) is 9.37 Å². The van der Waals surface area contributed by atoms with E-state index >= 15 is 0 Å². The van der Waals surface area contributed by atoms with Crippen molar-refractivity contribution in [2.45, 2.75) is 36.9 Å². The van der Waals surface area contributed by atoms with Crippen LogP contribution in [0.3, 0.4) is 0 Å². The van der Waals surface area contributed by atoms with E-state index < -0.39 is 10.8 Å². The van der Waals surface area contributed by atoms with Crippen LogP contribution in [-0.2, 0) is 28.9 Å². The molecule has 1 aliphatic rings. The lowest BCUT2D eigenvalue weighted by molar-refractivity contribution is 0.464. The first-order valence-corrected chi connectivity index (χ1v) is 12.4. The summed E-state index contributed by atoms with van der Waals surface area (Å²) in [7, 11) is -1.26. The number of benzene rings is 2. The molecule has 1 fully saturated rings. The molecule has 1 N–H and O–H groups in total. The van der Waals surface area contributed by atoms with Crippen LogP contribution < -0.4 is 0 Å². The van der Waals surface area contributed by atoms with Gasteiger partial charge in [0.2, 0.25) is 0 Å². The Morgan fingerprint density at radius 1 is 1.23 bits per heavy atom. The Balaban J connectivity index is 1.54. The average molecular weight is 502 g/mol. The highest BCUT2D eigenvalue weighted by Crippen LogP contribution is 2.44. The number of hydrogen-bond donors (Lipinski definition) is 1. The Bertz CT molecular complexity index is 1280. The monoisotopic (exact) mass is 501 g/mol. The third-order valence-corrected chi connectivity index (χ3v) is 7.51. The molecule has 1 unspecified atom stereocenters. The minimum atomic E-state index is -1.26. The molecule has 0 amide bonds. The maximum atomic E-state index is 14.0. The third kappa shape index (κ3) is 4.06. The number of fused-ring (bicyclic) bond motifs is 1. The molecule has 2 aromatic carbocycles. The van der Waals surface area contributed by atoms with Gasteiger partial charge in [-0.15, -0.1) is 0 Å². The molecule has 160 valence electrons. The van der Waals surface area contributed by atoms with Crippen molar-refractivity contribution >= 4 is 37.6 Å². The summed E-state index contributed by atoms with van der Waals surface area (Å²) in [4.78, 5) is 4.09. The van der Waals surface area contributed by atoms with Gasteiger partial charge in [-0.1, -0.05) is 18.2 Å². The van der Waals surface area contributed by atoms with Crippen LogP contribution in [0, 0.1) is 5.82 Å². The highest BCUT2D eigenvalue weighted by Gasteiger charge is 2.29. The van der Waals surface area contributed by atoms with Gasteiger partial charge in [-0.05, 0) is 47.0 Å². The highest BCUT2D eigenvalue weighted by atomic mass is 79.9. The van der Waals surface area contributed by atoms with Crippen LogP contribution in [0.15, 0.2) is 59.6 Å². The largest absolute Gasteiger partial charge is 0.506 e. The number of aromatic nitrogens is 3. The second-order valence-electron chi connectivity index (χ2n) is 7.91. The fraction of sp³-hybridized carbons (Fsp3) is 0.261. The number of halogens is 2. The fourth-order valence-corrected chi connectivity index (χ4v) is 5.74. The number of phenolic OH excluding ortho intramolecular Hbond substituents is 1. The van der Waals surface area contributed by atoms with Gasteiger partial charge in [0, 0.05) is 51.4 Å². The van der Waals surface area contributed by atoms with Gasteiger partial charge in [0.1, 0.15) is 11.6 Å². The molecular formula is C23H21BrFN3O2S. The van der Waals surface area contributed by atoms with Crippen LogP contribution in [-0.4, -0.2) is 23.4 Å². The Hall–Kier alpha value is -2.45. The Morgan fingerprint density at radius 2 is 2.03 bits per heavy atom. The predicted molar refractivity (Wildman–Crippen MR) is 123 cm³/mol. The van der Waals surface area contributed by atoms with Crippen molar-refractivity contribution in [2.24, 2.45) is 0 Å². The first-order chi connectivity index (χ1) is 15.0. The lowest BCUT2D eigenvalue weighted by Crippen LogP contribution is -2.06. The molecule has 1 atom stereocenters. The number of rotatable bonds is 7. The second kappa shape index (κ2) is 8.24. The fourth-order valence-electron chi connectivity index (χ4n) is 4.05. The van der Waals surface area contributed by atoms with Crippen molar-refractivity contribution in [2.75, 3.05) is 0 Å². The van der Waals surface area contributed by atoms with Gasteiger partial charge >= 0.3 is 0 Å². The molecule has 0 bridgehead atoms. The lowest BCUT2D eigenvalue weighted by Gasteiger charge is -2.12. The van der Waals surface area contributed by atoms with E-state index in [0.29, 0.717) is 28.4 Å². The first-order valence-electron chi connectivity index (χ1n) is 10.1. The normalized spacial score (nSPS) is 14.9. The van der Waals surface area contributed by atoms with Gasteiger partial charge in [0.05, 0.1) is 34.4 Å². The van der Waals surface area contributed by atoms with Crippen LogP contribution in [0.4, 0.5) is 4.39 Å². The molecule has 5 rings (SSSR count). The highest BCUT2D eigenvalue weighted by molar-refractivity contribution is 9.10. The SMILES string of the molecule is O=S(Cc1ccccc1F)Cc1cc2c(Cn3ccnc3)c(O)c(Br)cc2n1C1CC1. The van der Waals surface area contributed by atoms with Crippen molar-refractivity contribution in [1.82, 2.24) is 14.1 Å². The van der Waals surface area contributed by atoms with Gasteiger partial charge in [-0.2, -0.15) is 0 Å². The number of aromatic hydroxyl groups is 1. The van der Waals surface area contributed by atoms with Crippen molar-refractivity contribution in [3.63, 3.8) is 0 Å². The summed E-state index contributed by atoms with van der Waals surface area (Å²) >= 11 is 3.50. The predicted octanol–water partition coefficient (Wildman–Crippen LogP) is 5.28. The zero-order valence-corrected chi connectivity index (χ0v) is 19.1. The van der Waals surface area contributed by atoms with Crippen LogP contribution >= 0.6 is 15.9 Å². The second-order valence-corrected chi connectivity index (χ2v) is 10.2. The minimum Gasteiger partial charge on any atom is -0.506 e. The molecule has 0 saturated heterocycles. The molecule has 0 radical (unpaired) electrons. The molecule has 1 aliphatic carbocycles. The topological polar surface area (TPSA) is 60.1 Å². The summed E-state index contributed by atoms with van der Waals surface area (Å²) in [5.74, 6) is 0.390. The summed E-state index contributed by atoms with van der Waals surface area (Å²) in [6.07, 6.45) is 7.43. The number of nitrogens with zero attached hydrogens (tertiary/aromatic N) is 3. The molecule has 1 saturated carbocycles. The number of imidazole rings is 1. The van der Waals surface area contributed by atoms with E-state index in [9.17, 15) is 13.7 Å². The maximum absolute atomic E-state index is 14.0. The molecule has 0 spiro atoms. The van der Waals surface area contributed by atoms with E-state index in [1.807, 2.05) is 22.9 Å². The molecule has 8 heteroatoms. The summed E-state index contributed by atoms with van der Waals surface area (Å²) in [5, 5.41) is 11.7. The molecule has 5 nitrogen and oxygen atoms in total. The van der Waals surface area contributed by atoms with Crippen LogP contribution in [0.25, 0.3) is 10.9 Å². The summed E-state index contributed by atoms with van der Waals surface area (Å²) < 4.78 is 31.7. The van der Waals surface area contributed by atoms with Crippen molar-refractivity contribution in [3.8, 4) is 5.75 Å². The van der Waals surface area contributed by atoms with Gasteiger partial charge < -0.3 is 14.2 Å². The van der Waals surface area contributed by atoms with Gasteiger partial charge in [0.15, 0.2) is 0 Å². The third-order valence-electron chi connectivity index (χ3n) is 5.65. The van der Waals surface area contributed by atoms with E-state index in [0.717, 1.165) is 35.0 Å². The van der Waals surface area contributed by atoms with E-state index in [1.165, 1.54) is 6.07 Å². The quantitative estimate of drug-likeness (QED) is 0.374. The standard InChI is InChI=1S/C23H21BrFN3O2S/c24-20-10-22-18(19(23(20)29)11-27-8-7-26-14-27)9-17(28(22)16-5-6-16)13-31(30)12-15-3-1-2-4-21(15)25/h1-4,7-10,14,16,29H,5-6,11-13H2. The maximum Gasteiger partial charge on any atom is 0.135 e. The van der Waals surface area contributed by atoms with E-state index in [4.69, 9.17) is 0 Å². The average Bonchev–Trinajstić information content (AvgIpc) is 3.32. The van der Waals surface area contributed by atoms with Crippen molar-refractivity contribution < 1.29 is 13.7 Å². The summed E-state index contributed by atoms with van der Waals surface area (Å²) in [6, 6.07) is 10.8. The first kappa shape index (κ1) is 20.5. The van der Waals surface area contributed by atoms with Gasteiger partial charge in [-0.3, -0.25) is 4.21 Å². The van der Waals surface area contributed by atoms with Crippen molar-refractivity contribution in [1.29, 1.82) is 0 Å². The minimum absolute atomic E-state index is 0.176. The van der Waals surface area contributed by atoms with Crippen LogP contribution in [0.5, 0.6) is 5.75 Å². The molecule has 2 heterocycles. The molecule has 0 aliphatic heterocycles. The smallest absolute Gasteiger partial charge is 0.135 e. The molecule has 4 aromatic rings. The van der Waals surface area contributed by atoms with E-state index in [1.54, 1.807) is 30.7 Å². The van der Waals surface area contributed by atoms with Crippen LogP contribution in [0.2, 0.25) is 0 Å². The van der Waals surface area contributed by atoms with E-state index in [-0.39, 0.29) is 17.3 Å². The molecular weight excluding hydrogens is 481 g/mol. The zero-order chi connectivity index (χ0) is 21.5. The Labute approximate surface area is 190 Å². The molecule has 2 aromatic heterocycles. The Kier molecular flexibility index (Phi) is 5.44. The van der Waals surface area contributed by atoms with E-state index in [2.05, 4.69) is 25.5 Å². The summed E-state index contributed by atoms with van der Waals surface area (Å²) in [5.41, 5.74) is 3.23. The Morgan fingerprint density at radius 3 is 2.74 bits per heavy atom.